The Morgan fingerprint density at radius 2 is 1.85 bits per heavy atom. The van der Waals surface area contributed by atoms with Gasteiger partial charge in [-0.15, -0.1) is 0 Å². The van der Waals surface area contributed by atoms with E-state index >= 15 is 0 Å². The van der Waals surface area contributed by atoms with E-state index in [1.54, 1.807) is 4.57 Å². The third-order valence-corrected chi connectivity index (χ3v) is 5.92. The number of aromatic nitrogens is 3. The zero-order chi connectivity index (χ0) is 19.4. The van der Waals surface area contributed by atoms with Crippen LogP contribution in [0, 0.1) is 10.6 Å². The molecule has 142 valence electrons. The van der Waals surface area contributed by atoms with Gasteiger partial charge in [0.1, 0.15) is 11.6 Å². The maximum absolute atomic E-state index is 13.1. The molecule has 3 aromatic rings. The molecule has 0 saturated carbocycles. The third-order valence-electron chi connectivity index (χ3n) is 4.12. The number of nitrogens with zero attached hydrogens (tertiary/aromatic N) is 2. The lowest BCUT2D eigenvalue weighted by atomic mass is 10.1. The lowest BCUT2D eigenvalue weighted by molar-refractivity contribution is 0.524. The van der Waals surface area contributed by atoms with Crippen molar-refractivity contribution in [1.82, 2.24) is 19.5 Å². The number of rotatable bonds is 7. The van der Waals surface area contributed by atoms with Gasteiger partial charge in [0, 0.05) is 6.54 Å². The first kappa shape index (κ1) is 19.4. The van der Waals surface area contributed by atoms with Gasteiger partial charge in [-0.3, -0.25) is 5.10 Å². The highest BCUT2D eigenvalue weighted by molar-refractivity contribution is 7.89. The van der Waals surface area contributed by atoms with Crippen molar-refractivity contribution in [2.45, 2.75) is 30.8 Å². The molecule has 0 saturated heterocycles. The number of nitrogens with one attached hydrogen (secondary N) is 2. The van der Waals surface area contributed by atoms with E-state index in [9.17, 15) is 12.8 Å². The summed E-state index contributed by atoms with van der Waals surface area (Å²) in [7, 11) is -3.88. The summed E-state index contributed by atoms with van der Waals surface area (Å²) in [6, 6.07) is 13.5. The van der Waals surface area contributed by atoms with Gasteiger partial charge in [-0.1, -0.05) is 30.3 Å². The molecular formula is C18H19FN4O2S2. The summed E-state index contributed by atoms with van der Waals surface area (Å²) in [5.41, 5.74) is 0.945. The van der Waals surface area contributed by atoms with Crippen LogP contribution in [-0.2, 0) is 23.0 Å². The number of sulfonamides is 1. The van der Waals surface area contributed by atoms with E-state index in [-0.39, 0.29) is 4.90 Å². The monoisotopic (exact) mass is 406 g/mol. The van der Waals surface area contributed by atoms with Gasteiger partial charge in [-0.2, -0.15) is 5.10 Å². The quantitative estimate of drug-likeness (QED) is 0.590. The Kier molecular flexibility index (Phi) is 5.83. The van der Waals surface area contributed by atoms with Gasteiger partial charge in [0.2, 0.25) is 10.0 Å². The second-order valence-corrected chi connectivity index (χ2v) is 8.05. The lowest BCUT2D eigenvalue weighted by Crippen LogP contribution is -2.32. The van der Waals surface area contributed by atoms with E-state index in [4.69, 9.17) is 12.2 Å². The first-order valence-corrected chi connectivity index (χ1v) is 10.3. The van der Waals surface area contributed by atoms with Crippen molar-refractivity contribution in [3.63, 3.8) is 0 Å². The van der Waals surface area contributed by atoms with Crippen LogP contribution in [-0.4, -0.2) is 23.2 Å². The normalized spacial score (nSPS) is 12.8. The summed E-state index contributed by atoms with van der Waals surface area (Å²) in [4.78, 5) is -0.0147. The first-order chi connectivity index (χ1) is 12.9. The zero-order valence-electron chi connectivity index (χ0n) is 14.6. The molecule has 0 amide bonds. The summed E-state index contributed by atoms with van der Waals surface area (Å²) in [6.45, 7) is 2.46. The molecule has 2 N–H and O–H groups in total. The second kappa shape index (κ2) is 8.12. The summed E-state index contributed by atoms with van der Waals surface area (Å²) in [5, 5.41) is 6.95. The molecule has 3 rings (SSSR count). The number of halogens is 1. The van der Waals surface area contributed by atoms with Gasteiger partial charge in [-0.05, 0) is 55.4 Å². The fraction of sp³-hybridized carbons (Fsp3) is 0.222. The standard InChI is InChI=1S/C18H19FN4O2S2/c1-2-23-17(20-21-18(23)26)16(12-13-6-4-3-5-7-13)22-27(24,25)15-10-8-14(19)9-11-15/h3-11,16,22H,2,12H2,1H3,(H,21,26)/t16-/m0/s1. The Morgan fingerprint density at radius 1 is 1.19 bits per heavy atom. The zero-order valence-corrected chi connectivity index (χ0v) is 16.2. The molecule has 0 fully saturated rings. The van der Waals surface area contributed by atoms with E-state index in [0.717, 1.165) is 17.7 Å². The number of aromatic amines is 1. The summed E-state index contributed by atoms with van der Waals surface area (Å²) in [6.07, 6.45) is 0.390. The highest BCUT2D eigenvalue weighted by Crippen LogP contribution is 2.21. The number of H-pyrrole nitrogens is 1. The molecule has 1 aromatic heterocycles. The molecule has 0 bridgehead atoms. The molecule has 0 aliphatic carbocycles. The van der Waals surface area contributed by atoms with Gasteiger partial charge >= 0.3 is 0 Å². The molecule has 2 aromatic carbocycles. The number of benzene rings is 2. The predicted molar refractivity (Wildman–Crippen MR) is 103 cm³/mol. The van der Waals surface area contributed by atoms with Crippen LogP contribution in [0.15, 0.2) is 59.5 Å². The van der Waals surface area contributed by atoms with Crippen molar-refractivity contribution < 1.29 is 12.8 Å². The van der Waals surface area contributed by atoms with Gasteiger partial charge in [0.15, 0.2) is 4.77 Å². The molecule has 1 atom stereocenters. The maximum atomic E-state index is 13.1. The Balaban J connectivity index is 1.98. The molecule has 0 radical (unpaired) electrons. The van der Waals surface area contributed by atoms with Crippen LogP contribution in [0.4, 0.5) is 4.39 Å². The van der Waals surface area contributed by atoms with E-state index in [0.29, 0.717) is 23.6 Å². The molecule has 0 aliphatic heterocycles. The van der Waals surface area contributed by atoms with Crippen molar-refractivity contribution in [1.29, 1.82) is 0 Å². The van der Waals surface area contributed by atoms with Gasteiger partial charge in [0.05, 0.1) is 10.9 Å². The molecule has 0 aliphatic rings. The average molecular weight is 407 g/mol. The Labute approximate surface area is 162 Å². The van der Waals surface area contributed by atoms with Crippen molar-refractivity contribution >= 4 is 22.2 Å². The Morgan fingerprint density at radius 3 is 2.48 bits per heavy atom. The second-order valence-electron chi connectivity index (χ2n) is 5.95. The fourth-order valence-electron chi connectivity index (χ4n) is 2.81. The minimum atomic E-state index is -3.88. The molecule has 9 heteroatoms. The third kappa shape index (κ3) is 4.49. The van der Waals surface area contributed by atoms with E-state index in [1.807, 2.05) is 37.3 Å². The molecule has 27 heavy (non-hydrogen) atoms. The van der Waals surface area contributed by atoms with Crippen molar-refractivity contribution in [3.05, 3.63) is 76.6 Å². The molecule has 6 nitrogen and oxygen atoms in total. The molecule has 1 heterocycles. The van der Waals surface area contributed by atoms with E-state index in [2.05, 4.69) is 14.9 Å². The highest BCUT2D eigenvalue weighted by atomic mass is 32.2. The maximum Gasteiger partial charge on any atom is 0.241 e. The van der Waals surface area contributed by atoms with Crippen LogP contribution >= 0.6 is 12.2 Å². The fourth-order valence-corrected chi connectivity index (χ4v) is 4.27. The first-order valence-electron chi connectivity index (χ1n) is 8.37. The number of hydrogen-bond acceptors (Lipinski definition) is 4. The van der Waals surface area contributed by atoms with Crippen molar-refractivity contribution in [3.8, 4) is 0 Å². The highest BCUT2D eigenvalue weighted by Gasteiger charge is 2.25. The van der Waals surface area contributed by atoms with Gasteiger partial charge in [0.25, 0.3) is 0 Å². The molecule has 0 spiro atoms. The van der Waals surface area contributed by atoms with Crippen LogP contribution in [0.25, 0.3) is 0 Å². The minimum absolute atomic E-state index is 0.0147. The minimum Gasteiger partial charge on any atom is -0.303 e. The van der Waals surface area contributed by atoms with Crippen LogP contribution in [0.2, 0.25) is 0 Å². The van der Waals surface area contributed by atoms with Gasteiger partial charge < -0.3 is 4.57 Å². The van der Waals surface area contributed by atoms with Crippen LogP contribution < -0.4 is 4.72 Å². The summed E-state index contributed by atoms with van der Waals surface area (Å²) in [5.74, 6) is -0.00120. The SMILES string of the molecule is CCn1c([C@H](Cc2ccccc2)NS(=O)(=O)c2ccc(F)cc2)n[nH]c1=S. The van der Waals surface area contributed by atoms with E-state index in [1.165, 1.54) is 12.1 Å². The Hall–Kier alpha value is -2.36. The van der Waals surface area contributed by atoms with Crippen molar-refractivity contribution in [2.24, 2.45) is 0 Å². The smallest absolute Gasteiger partial charge is 0.241 e. The largest absolute Gasteiger partial charge is 0.303 e. The van der Waals surface area contributed by atoms with E-state index < -0.39 is 21.9 Å². The van der Waals surface area contributed by atoms with Crippen molar-refractivity contribution in [2.75, 3.05) is 0 Å². The van der Waals surface area contributed by atoms with Crippen LogP contribution in [0.1, 0.15) is 24.4 Å². The van der Waals surface area contributed by atoms with Crippen LogP contribution in [0.5, 0.6) is 0 Å². The number of hydrogen-bond donors (Lipinski definition) is 2. The molecule has 0 unspecified atom stereocenters. The summed E-state index contributed by atoms with van der Waals surface area (Å²) >= 11 is 5.23. The topological polar surface area (TPSA) is 79.8 Å². The van der Waals surface area contributed by atoms with Crippen LogP contribution in [0.3, 0.4) is 0 Å². The Bertz CT molecular complexity index is 1060. The summed E-state index contributed by atoms with van der Waals surface area (Å²) < 4.78 is 43.6. The average Bonchev–Trinajstić information content (AvgIpc) is 3.03. The van der Waals surface area contributed by atoms with Gasteiger partial charge in [-0.25, -0.2) is 17.5 Å². The predicted octanol–water partition coefficient (Wildman–Crippen LogP) is 3.36. The molecular weight excluding hydrogens is 387 g/mol. The lowest BCUT2D eigenvalue weighted by Gasteiger charge is -2.19.